The molecular formula is C14H15BF3NO3. The fourth-order valence-electron chi connectivity index (χ4n) is 1.99. The van der Waals surface area contributed by atoms with E-state index in [-0.39, 0.29) is 11.0 Å². The molecule has 0 radical (unpaired) electrons. The summed E-state index contributed by atoms with van der Waals surface area (Å²) < 4.78 is 53.0. The Morgan fingerprint density at radius 2 is 1.68 bits per heavy atom. The van der Waals surface area contributed by atoms with Gasteiger partial charge in [-0.1, -0.05) is 0 Å². The minimum absolute atomic E-state index is 0.0371. The molecule has 1 aromatic carbocycles. The van der Waals surface area contributed by atoms with Crippen LogP contribution in [-0.4, -0.2) is 24.7 Å². The summed E-state index contributed by atoms with van der Waals surface area (Å²) in [4.78, 5) is 0. The van der Waals surface area contributed by atoms with E-state index in [4.69, 9.17) is 14.6 Å². The maximum absolute atomic E-state index is 12.5. The highest BCUT2D eigenvalue weighted by atomic mass is 19.4. The Hall–Kier alpha value is -1.72. The van der Waals surface area contributed by atoms with Crippen LogP contribution >= 0.6 is 0 Å². The molecule has 8 heteroatoms. The van der Waals surface area contributed by atoms with Crippen LogP contribution in [0.4, 0.5) is 13.2 Å². The largest absolute Gasteiger partial charge is 0.573 e. The van der Waals surface area contributed by atoms with Crippen molar-refractivity contribution in [1.29, 1.82) is 5.26 Å². The number of hydrogen-bond donors (Lipinski definition) is 0. The number of nitriles is 1. The molecule has 1 aliphatic heterocycles. The molecule has 0 N–H and O–H groups in total. The van der Waals surface area contributed by atoms with Gasteiger partial charge < -0.3 is 14.0 Å². The molecule has 1 aromatic rings. The van der Waals surface area contributed by atoms with E-state index in [0.29, 0.717) is 0 Å². The van der Waals surface area contributed by atoms with Gasteiger partial charge in [-0.3, -0.25) is 0 Å². The Kier molecular flexibility index (Phi) is 3.92. The Bertz CT molecular complexity index is 607. The summed E-state index contributed by atoms with van der Waals surface area (Å²) in [7, 11) is -1.05. The average Bonchev–Trinajstić information content (AvgIpc) is 2.57. The standard InChI is InChI=1S/C14H15BF3NO3/c1-12(2)13(3,4)22-15(21-12)10-7-9(8-19)5-6-11(10)20-14(16,17)18/h5-7H,1-4H3. The molecule has 1 heterocycles. The lowest BCUT2D eigenvalue weighted by Crippen LogP contribution is -2.41. The highest BCUT2D eigenvalue weighted by Crippen LogP contribution is 2.37. The smallest absolute Gasteiger partial charge is 0.406 e. The monoisotopic (exact) mass is 313 g/mol. The molecule has 22 heavy (non-hydrogen) atoms. The van der Waals surface area contributed by atoms with Crippen molar-refractivity contribution in [2.24, 2.45) is 0 Å². The molecule has 0 spiro atoms. The maximum Gasteiger partial charge on any atom is 0.573 e. The molecule has 4 nitrogen and oxygen atoms in total. The van der Waals surface area contributed by atoms with E-state index >= 15 is 0 Å². The van der Waals surface area contributed by atoms with Crippen LogP contribution < -0.4 is 10.2 Å². The SMILES string of the molecule is CC1(C)OB(c2cc(C#N)ccc2OC(F)(F)F)OC1(C)C. The summed E-state index contributed by atoms with van der Waals surface area (Å²) in [6, 6.07) is 5.49. The van der Waals surface area contributed by atoms with Crippen LogP contribution in [0.15, 0.2) is 18.2 Å². The van der Waals surface area contributed by atoms with E-state index in [2.05, 4.69) is 4.74 Å². The maximum atomic E-state index is 12.5. The van der Waals surface area contributed by atoms with Crippen LogP contribution in [0.25, 0.3) is 0 Å². The Morgan fingerprint density at radius 3 is 2.14 bits per heavy atom. The zero-order chi connectivity index (χ0) is 16.8. The average molecular weight is 313 g/mol. The molecule has 0 bridgehead atoms. The summed E-state index contributed by atoms with van der Waals surface area (Å²) in [5, 5.41) is 8.94. The van der Waals surface area contributed by atoms with Gasteiger partial charge >= 0.3 is 13.5 Å². The fourth-order valence-corrected chi connectivity index (χ4v) is 1.99. The number of alkyl halides is 3. The van der Waals surface area contributed by atoms with Gasteiger partial charge in [0.1, 0.15) is 5.75 Å². The van der Waals surface area contributed by atoms with E-state index in [1.54, 1.807) is 27.7 Å². The zero-order valence-electron chi connectivity index (χ0n) is 12.6. The summed E-state index contributed by atoms with van der Waals surface area (Å²) in [6.45, 7) is 7.13. The second kappa shape index (κ2) is 5.18. The normalized spacial score (nSPS) is 19.8. The van der Waals surface area contributed by atoms with Crippen molar-refractivity contribution >= 4 is 12.6 Å². The van der Waals surface area contributed by atoms with E-state index in [9.17, 15) is 13.2 Å². The van der Waals surface area contributed by atoms with Gasteiger partial charge in [-0.25, -0.2) is 0 Å². The predicted molar refractivity (Wildman–Crippen MR) is 73.6 cm³/mol. The van der Waals surface area contributed by atoms with E-state index < -0.39 is 30.4 Å². The topological polar surface area (TPSA) is 51.5 Å². The second-order valence-electron chi connectivity index (χ2n) is 6.00. The van der Waals surface area contributed by atoms with Crippen molar-refractivity contribution in [1.82, 2.24) is 0 Å². The number of benzene rings is 1. The van der Waals surface area contributed by atoms with Gasteiger partial charge in [0.25, 0.3) is 0 Å². The van der Waals surface area contributed by atoms with Crippen LogP contribution in [0, 0.1) is 11.3 Å². The van der Waals surface area contributed by atoms with Crippen molar-refractivity contribution in [3.63, 3.8) is 0 Å². The zero-order valence-corrected chi connectivity index (χ0v) is 12.6. The van der Waals surface area contributed by atoms with Gasteiger partial charge in [0, 0.05) is 5.46 Å². The van der Waals surface area contributed by atoms with Crippen LogP contribution in [0.2, 0.25) is 0 Å². The third-order valence-electron chi connectivity index (χ3n) is 3.87. The first-order chi connectivity index (χ1) is 9.95. The minimum atomic E-state index is -4.84. The molecule has 1 saturated heterocycles. The van der Waals surface area contributed by atoms with Gasteiger partial charge in [0.15, 0.2) is 0 Å². The summed E-state index contributed by atoms with van der Waals surface area (Å²) in [5.74, 6) is -0.440. The number of halogens is 3. The molecule has 0 atom stereocenters. The van der Waals surface area contributed by atoms with Crippen LogP contribution in [0.3, 0.4) is 0 Å². The Morgan fingerprint density at radius 1 is 1.14 bits per heavy atom. The molecule has 118 valence electrons. The molecule has 1 fully saturated rings. The molecular weight excluding hydrogens is 298 g/mol. The van der Waals surface area contributed by atoms with Gasteiger partial charge in [0.2, 0.25) is 0 Å². The first kappa shape index (κ1) is 16.7. The number of hydrogen-bond acceptors (Lipinski definition) is 4. The highest BCUT2D eigenvalue weighted by Gasteiger charge is 2.53. The lowest BCUT2D eigenvalue weighted by Gasteiger charge is -2.32. The quantitative estimate of drug-likeness (QED) is 0.788. The summed E-state index contributed by atoms with van der Waals surface area (Å²) in [6.07, 6.45) is -4.84. The molecule has 0 aliphatic carbocycles. The minimum Gasteiger partial charge on any atom is -0.406 e. The first-order valence-electron chi connectivity index (χ1n) is 6.61. The van der Waals surface area contributed by atoms with E-state index in [1.807, 2.05) is 6.07 Å². The number of nitrogens with zero attached hydrogens (tertiary/aromatic N) is 1. The van der Waals surface area contributed by atoms with Crippen LogP contribution in [0.5, 0.6) is 5.75 Å². The van der Waals surface area contributed by atoms with Gasteiger partial charge in [-0.15, -0.1) is 13.2 Å². The van der Waals surface area contributed by atoms with Crippen molar-refractivity contribution in [2.45, 2.75) is 45.3 Å². The Balaban J connectivity index is 2.43. The van der Waals surface area contributed by atoms with E-state index in [0.717, 1.165) is 6.07 Å². The van der Waals surface area contributed by atoms with Crippen molar-refractivity contribution in [3.05, 3.63) is 23.8 Å². The second-order valence-corrected chi connectivity index (χ2v) is 6.00. The third-order valence-corrected chi connectivity index (χ3v) is 3.87. The molecule has 0 aromatic heterocycles. The fraction of sp³-hybridized carbons (Fsp3) is 0.500. The summed E-state index contributed by atoms with van der Waals surface area (Å²) in [5.41, 5.74) is -1.19. The molecule has 0 amide bonds. The van der Waals surface area contributed by atoms with Gasteiger partial charge in [-0.2, -0.15) is 5.26 Å². The van der Waals surface area contributed by atoms with Crippen molar-refractivity contribution in [2.75, 3.05) is 0 Å². The van der Waals surface area contributed by atoms with E-state index in [1.165, 1.54) is 12.1 Å². The summed E-state index contributed by atoms with van der Waals surface area (Å²) >= 11 is 0. The predicted octanol–water partition coefficient (Wildman–Crippen LogP) is 2.76. The first-order valence-corrected chi connectivity index (χ1v) is 6.61. The lowest BCUT2D eigenvalue weighted by atomic mass is 9.77. The Labute approximate surface area is 126 Å². The molecule has 0 unspecified atom stereocenters. The van der Waals surface area contributed by atoms with Crippen molar-refractivity contribution in [3.8, 4) is 11.8 Å². The molecule has 2 rings (SSSR count). The molecule has 0 saturated carbocycles. The van der Waals surface area contributed by atoms with Crippen LogP contribution in [-0.2, 0) is 9.31 Å². The van der Waals surface area contributed by atoms with Crippen LogP contribution in [0.1, 0.15) is 33.3 Å². The van der Waals surface area contributed by atoms with Crippen molar-refractivity contribution < 1.29 is 27.2 Å². The third kappa shape index (κ3) is 3.21. The number of ether oxygens (including phenoxy) is 1. The van der Waals surface area contributed by atoms with Gasteiger partial charge in [0.05, 0.1) is 22.8 Å². The number of rotatable bonds is 2. The lowest BCUT2D eigenvalue weighted by molar-refractivity contribution is -0.274. The molecule has 1 aliphatic rings. The highest BCUT2D eigenvalue weighted by molar-refractivity contribution is 6.63. The van der Waals surface area contributed by atoms with Gasteiger partial charge in [-0.05, 0) is 45.9 Å².